The maximum Gasteiger partial charge on any atom is 0.241 e. The standard InChI is InChI=1S/C33H46N6O4S2/c1-38(2)30-16-5-14-28-26(30)12-7-18-32(28)44(40,41)36-24-10-22-34-20-9-21-35-23-11-25-37-45(42,43)33-19-8-13-27-29(33)15-6-17-31(27)39(3)4/h5-8,12-19,34-37H,9-11,20-25H2,1-4H3. The monoisotopic (exact) mass is 654 g/mol. The highest BCUT2D eigenvalue weighted by Gasteiger charge is 2.19. The van der Waals surface area contributed by atoms with Crippen LogP contribution in [0.25, 0.3) is 21.5 Å². The molecule has 0 bridgehead atoms. The Bertz CT molecular complexity index is 1660. The smallest absolute Gasteiger partial charge is 0.241 e. The fourth-order valence-corrected chi connectivity index (χ4v) is 7.95. The predicted octanol–water partition coefficient (Wildman–Crippen LogP) is 3.73. The Balaban J connectivity index is 1.09. The third-order valence-corrected chi connectivity index (χ3v) is 10.7. The molecule has 12 heteroatoms. The lowest BCUT2D eigenvalue weighted by atomic mass is 10.1. The maximum absolute atomic E-state index is 13.0. The summed E-state index contributed by atoms with van der Waals surface area (Å²) in [4.78, 5) is 4.55. The van der Waals surface area contributed by atoms with Gasteiger partial charge in [0.2, 0.25) is 20.0 Å². The minimum atomic E-state index is -3.63. The molecule has 0 radical (unpaired) electrons. The number of sulfonamides is 2. The Morgan fingerprint density at radius 1 is 0.467 bits per heavy atom. The number of benzene rings is 4. The molecule has 0 atom stereocenters. The van der Waals surface area contributed by atoms with E-state index in [1.807, 2.05) is 86.5 Å². The molecule has 0 fully saturated rings. The van der Waals surface area contributed by atoms with Crippen molar-refractivity contribution in [3.63, 3.8) is 0 Å². The average molecular weight is 655 g/mol. The summed E-state index contributed by atoms with van der Waals surface area (Å²) in [6, 6.07) is 22.2. The summed E-state index contributed by atoms with van der Waals surface area (Å²) < 4.78 is 57.6. The third-order valence-electron chi connectivity index (χ3n) is 7.61. The van der Waals surface area contributed by atoms with Gasteiger partial charge in [-0.15, -0.1) is 0 Å². The lowest BCUT2D eigenvalue weighted by Crippen LogP contribution is -2.29. The molecule has 244 valence electrons. The van der Waals surface area contributed by atoms with Crippen LogP contribution in [-0.2, 0) is 20.0 Å². The summed E-state index contributed by atoms with van der Waals surface area (Å²) in [5.41, 5.74) is 1.95. The Labute approximate surface area is 268 Å². The number of hydrogen-bond donors (Lipinski definition) is 4. The molecule has 0 spiro atoms. The van der Waals surface area contributed by atoms with E-state index in [1.54, 1.807) is 24.3 Å². The number of fused-ring (bicyclic) bond motifs is 2. The third kappa shape index (κ3) is 8.93. The van der Waals surface area contributed by atoms with Crippen molar-refractivity contribution in [1.29, 1.82) is 0 Å². The molecule has 0 saturated carbocycles. The van der Waals surface area contributed by atoms with E-state index >= 15 is 0 Å². The number of nitrogens with one attached hydrogen (secondary N) is 4. The molecule has 0 saturated heterocycles. The maximum atomic E-state index is 13.0. The molecule has 0 aliphatic heterocycles. The first-order valence-corrected chi connectivity index (χ1v) is 18.3. The van der Waals surface area contributed by atoms with Gasteiger partial charge in [0.1, 0.15) is 0 Å². The fraction of sp³-hybridized carbons (Fsp3) is 0.394. The van der Waals surface area contributed by atoms with Crippen molar-refractivity contribution in [1.82, 2.24) is 20.1 Å². The van der Waals surface area contributed by atoms with Crippen LogP contribution in [0.4, 0.5) is 11.4 Å². The van der Waals surface area contributed by atoms with Crippen molar-refractivity contribution in [2.75, 3.05) is 77.3 Å². The first kappa shape index (κ1) is 34.6. The molecule has 0 unspecified atom stereocenters. The van der Waals surface area contributed by atoms with Crippen molar-refractivity contribution in [2.24, 2.45) is 0 Å². The van der Waals surface area contributed by atoms with E-state index in [2.05, 4.69) is 20.1 Å². The van der Waals surface area contributed by atoms with Crippen LogP contribution in [-0.4, -0.2) is 84.3 Å². The molecular weight excluding hydrogens is 609 g/mol. The van der Waals surface area contributed by atoms with Crippen LogP contribution in [0.2, 0.25) is 0 Å². The number of nitrogens with zero attached hydrogens (tertiary/aromatic N) is 2. The van der Waals surface area contributed by atoms with Gasteiger partial charge in [-0.25, -0.2) is 26.3 Å². The van der Waals surface area contributed by atoms with E-state index in [-0.39, 0.29) is 0 Å². The lowest BCUT2D eigenvalue weighted by Gasteiger charge is -2.17. The average Bonchev–Trinajstić information content (AvgIpc) is 3.01. The molecule has 4 aromatic carbocycles. The molecule has 10 nitrogen and oxygen atoms in total. The zero-order chi connectivity index (χ0) is 32.5. The summed E-state index contributed by atoms with van der Waals surface area (Å²) in [5.74, 6) is 0. The highest BCUT2D eigenvalue weighted by atomic mass is 32.2. The first-order chi connectivity index (χ1) is 21.5. The van der Waals surface area contributed by atoms with Gasteiger partial charge in [-0.1, -0.05) is 48.5 Å². The molecule has 0 aliphatic rings. The minimum Gasteiger partial charge on any atom is -0.377 e. The molecule has 0 heterocycles. The second-order valence-corrected chi connectivity index (χ2v) is 14.9. The Morgan fingerprint density at radius 2 is 0.800 bits per heavy atom. The predicted molar refractivity (Wildman–Crippen MR) is 187 cm³/mol. The van der Waals surface area contributed by atoms with Crippen LogP contribution in [0.5, 0.6) is 0 Å². The lowest BCUT2D eigenvalue weighted by molar-refractivity contribution is 0.558. The summed E-state index contributed by atoms with van der Waals surface area (Å²) >= 11 is 0. The van der Waals surface area contributed by atoms with Crippen molar-refractivity contribution in [2.45, 2.75) is 29.1 Å². The fourth-order valence-electron chi connectivity index (χ4n) is 5.36. The van der Waals surface area contributed by atoms with E-state index in [1.165, 1.54) is 0 Å². The zero-order valence-electron chi connectivity index (χ0n) is 26.6. The molecular formula is C33H46N6O4S2. The van der Waals surface area contributed by atoms with Crippen molar-refractivity contribution < 1.29 is 16.8 Å². The van der Waals surface area contributed by atoms with Gasteiger partial charge in [-0.3, -0.25) is 0 Å². The van der Waals surface area contributed by atoms with E-state index in [0.29, 0.717) is 59.6 Å². The second-order valence-electron chi connectivity index (χ2n) is 11.4. The highest BCUT2D eigenvalue weighted by molar-refractivity contribution is 7.90. The van der Waals surface area contributed by atoms with Gasteiger partial charge < -0.3 is 20.4 Å². The summed E-state index contributed by atoms with van der Waals surface area (Å²) in [7, 11) is 0.510. The van der Waals surface area contributed by atoms with Crippen LogP contribution in [0.3, 0.4) is 0 Å². The van der Waals surface area contributed by atoms with E-state index in [9.17, 15) is 16.8 Å². The van der Waals surface area contributed by atoms with Gasteiger partial charge in [0.15, 0.2) is 0 Å². The van der Waals surface area contributed by atoms with Gasteiger partial charge in [-0.05, 0) is 69.7 Å². The van der Waals surface area contributed by atoms with Crippen LogP contribution in [0.15, 0.2) is 82.6 Å². The van der Waals surface area contributed by atoms with Gasteiger partial charge in [0.25, 0.3) is 0 Å². The summed E-state index contributed by atoms with van der Waals surface area (Å²) in [6.45, 7) is 3.72. The molecule has 4 N–H and O–H groups in total. The largest absolute Gasteiger partial charge is 0.377 e. The minimum absolute atomic E-state index is 0.294. The van der Waals surface area contributed by atoms with Crippen LogP contribution in [0.1, 0.15) is 19.3 Å². The molecule has 0 aliphatic carbocycles. The number of rotatable bonds is 18. The van der Waals surface area contributed by atoms with Crippen LogP contribution in [0, 0.1) is 0 Å². The van der Waals surface area contributed by atoms with Crippen LogP contribution < -0.4 is 29.9 Å². The first-order valence-electron chi connectivity index (χ1n) is 15.3. The van der Waals surface area contributed by atoms with E-state index < -0.39 is 20.0 Å². The Kier molecular flexibility index (Phi) is 12.2. The number of anilines is 2. The Hall–Kier alpha value is -3.26. The van der Waals surface area contributed by atoms with Gasteiger partial charge >= 0.3 is 0 Å². The second kappa shape index (κ2) is 15.8. The summed E-state index contributed by atoms with van der Waals surface area (Å²) in [6.07, 6.45) is 2.26. The quantitative estimate of drug-likeness (QED) is 0.120. The van der Waals surface area contributed by atoms with E-state index in [4.69, 9.17) is 0 Å². The normalized spacial score (nSPS) is 12.2. The Morgan fingerprint density at radius 3 is 1.18 bits per heavy atom. The van der Waals surface area contributed by atoms with Crippen molar-refractivity contribution in [3.05, 3.63) is 72.8 Å². The SMILES string of the molecule is CN(C)c1cccc2c(S(=O)(=O)NCCCNCCCNCCCNS(=O)(=O)c3cccc4c(N(C)C)cccc34)cccc12. The summed E-state index contributed by atoms with van der Waals surface area (Å²) in [5, 5.41) is 9.93. The zero-order valence-corrected chi connectivity index (χ0v) is 28.3. The van der Waals surface area contributed by atoms with Crippen molar-refractivity contribution >= 4 is 53.0 Å². The molecule has 45 heavy (non-hydrogen) atoms. The van der Waals surface area contributed by atoms with Crippen LogP contribution >= 0.6 is 0 Å². The van der Waals surface area contributed by atoms with Gasteiger partial charge in [0.05, 0.1) is 9.79 Å². The van der Waals surface area contributed by atoms with Gasteiger partial charge in [-0.2, -0.15) is 0 Å². The van der Waals surface area contributed by atoms with Gasteiger partial charge in [0, 0.05) is 74.2 Å². The topological polar surface area (TPSA) is 123 Å². The highest BCUT2D eigenvalue weighted by Crippen LogP contribution is 2.31. The van der Waals surface area contributed by atoms with E-state index in [0.717, 1.165) is 41.7 Å². The molecule has 0 amide bonds. The molecule has 0 aromatic heterocycles. The van der Waals surface area contributed by atoms with Crippen molar-refractivity contribution in [3.8, 4) is 0 Å². The number of hydrogen-bond acceptors (Lipinski definition) is 8. The molecule has 4 aromatic rings. The molecule has 4 rings (SSSR count).